The van der Waals surface area contributed by atoms with Crippen molar-refractivity contribution in [1.29, 1.82) is 0 Å². The van der Waals surface area contributed by atoms with Gasteiger partial charge in [-0.2, -0.15) is 0 Å². The summed E-state index contributed by atoms with van der Waals surface area (Å²) in [6, 6.07) is 22.9. The third-order valence-electron chi connectivity index (χ3n) is 5.58. The third kappa shape index (κ3) is 5.63. The summed E-state index contributed by atoms with van der Waals surface area (Å²) in [4.78, 5) is 40.6. The zero-order valence-electron chi connectivity index (χ0n) is 18.0. The van der Waals surface area contributed by atoms with Crippen molar-refractivity contribution in [1.82, 2.24) is 9.80 Å². The van der Waals surface area contributed by atoms with Crippen LogP contribution < -0.4 is 5.32 Å². The summed E-state index contributed by atoms with van der Waals surface area (Å²) in [5, 5.41) is 2.76. The molecule has 33 heavy (non-hydrogen) atoms. The number of hydrogen-bond acceptors (Lipinski definition) is 3. The molecule has 1 heterocycles. The van der Waals surface area contributed by atoms with Crippen LogP contribution in [0.15, 0.2) is 78.9 Å². The number of rotatable bonds is 5. The molecule has 1 aliphatic rings. The van der Waals surface area contributed by atoms with Crippen LogP contribution in [0.25, 0.3) is 11.1 Å². The van der Waals surface area contributed by atoms with Crippen LogP contribution in [0.1, 0.15) is 16.8 Å². The number of benzene rings is 3. The van der Waals surface area contributed by atoms with E-state index in [9.17, 15) is 18.8 Å². The number of carbonyl (C=O) groups excluding carboxylic acids is 3. The maximum atomic E-state index is 13.4. The lowest BCUT2D eigenvalue weighted by molar-refractivity contribution is -0.135. The maximum absolute atomic E-state index is 13.4. The van der Waals surface area contributed by atoms with E-state index in [1.54, 1.807) is 15.9 Å². The van der Waals surface area contributed by atoms with Gasteiger partial charge in [-0.1, -0.05) is 48.5 Å². The Morgan fingerprint density at radius 1 is 0.758 bits per heavy atom. The Balaban J connectivity index is 1.26. The SMILES string of the molecule is O=C(CC(=O)N1CCN(C(=O)c2cccc(F)c2)CC1)Nc1ccc(-c2ccccc2)cc1. The van der Waals surface area contributed by atoms with E-state index in [0.717, 1.165) is 11.1 Å². The molecular weight excluding hydrogens is 421 g/mol. The molecule has 6 nitrogen and oxygen atoms in total. The standard InChI is InChI=1S/C26H24FN3O3/c27-22-8-4-7-21(17-22)26(33)30-15-13-29(14-16-30)25(32)18-24(31)28-23-11-9-20(10-12-23)19-5-2-1-3-6-19/h1-12,17H,13-16,18H2,(H,28,31). The minimum absolute atomic E-state index is 0.265. The van der Waals surface area contributed by atoms with Crippen LogP contribution in [0.5, 0.6) is 0 Å². The Labute approximate surface area is 191 Å². The fraction of sp³-hybridized carbons (Fsp3) is 0.192. The number of carbonyl (C=O) groups is 3. The predicted octanol–water partition coefficient (Wildman–Crippen LogP) is 3.81. The van der Waals surface area contributed by atoms with Gasteiger partial charge in [0.05, 0.1) is 0 Å². The van der Waals surface area contributed by atoms with Gasteiger partial charge in [-0.3, -0.25) is 14.4 Å². The smallest absolute Gasteiger partial charge is 0.254 e. The summed E-state index contributed by atoms with van der Waals surface area (Å²) in [7, 11) is 0. The van der Waals surface area contributed by atoms with E-state index in [0.29, 0.717) is 31.9 Å². The van der Waals surface area contributed by atoms with Gasteiger partial charge in [0.1, 0.15) is 12.2 Å². The summed E-state index contributed by atoms with van der Waals surface area (Å²) in [6.45, 7) is 1.34. The third-order valence-corrected chi connectivity index (χ3v) is 5.58. The van der Waals surface area contributed by atoms with Crippen molar-refractivity contribution in [3.05, 3.63) is 90.2 Å². The summed E-state index contributed by atoms with van der Waals surface area (Å²) in [5.41, 5.74) is 3.03. The first-order valence-corrected chi connectivity index (χ1v) is 10.8. The molecule has 0 radical (unpaired) electrons. The molecular formula is C26H24FN3O3. The Hall–Kier alpha value is -4.00. The minimum Gasteiger partial charge on any atom is -0.339 e. The lowest BCUT2D eigenvalue weighted by atomic mass is 10.1. The van der Waals surface area contributed by atoms with E-state index < -0.39 is 5.82 Å². The lowest BCUT2D eigenvalue weighted by Gasteiger charge is -2.34. The van der Waals surface area contributed by atoms with Crippen LogP contribution in [0.4, 0.5) is 10.1 Å². The molecule has 0 aliphatic carbocycles. The highest BCUT2D eigenvalue weighted by atomic mass is 19.1. The molecule has 0 saturated carbocycles. The highest BCUT2D eigenvalue weighted by molar-refractivity contribution is 6.03. The number of hydrogen-bond donors (Lipinski definition) is 1. The summed E-state index contributed by atoms with van der Waals surface area (Å²) >= 11 is 0. The van der Waals surface area contributed by atoms with Gasteiger partial charge >= 0.3 is 0 Å². The molecule has 1 N–H and O–H groups in total. The molecule has 3 amide bonds. The minimum atomic E-state index is -0.463. The average molecular weight is 445 g/mol. The second-order valence-corrected chi connectivity index (χ2v) is 7.85. The monoisotopic (exact) mass is 445 g/mol. The molecule has 3 aromatic carbocycles. The van der Waals surface area contributed by atoms with Gasteiger partial charge < -0.3 is 15.1 Å². The molecule has 1 fully saturated rings. The van der Waals surface area contributed by atoms with Crippen molar-refractivity contribution >= 4 is 23.4 Å². The van der Waals surface area contributed by atoms with Crippen molar-refractivity contribution in [2.45, 2.75) is 6.42 Å². The molecule has 1 aliphatic heterocycles. The zero-order valence-corrected chi connectivity index (χ0v) is 18.0. The van der Waals surface area contributed by atoms with E-state index in [-0.39, 0.29) is 29.7 Å². The van der Waals surface area contributed by atoms with Crippen LogP contribution >= 0.6 is 0 Å². The Bertz CT molecular complexity index is 1140. The van der Waals surface area contributed by atoms with Crippen LogP contribution in [0.3, 0.4) is 0 Å². The van der Waals surface area contributed by atoms with Crippen molar-refractivity contribution in [3.8, 4) is 11.1 Å². The lowest BCUT2D eigenvalue weighted by Crippen LogP contribution is -2.51. The van der Waals surface area contributed by atoms with Gasteiger partial charge in [0.15, 0.2) is 0 Å². The Morgan fingerprint density at radius 3 is 2.06 bits per heavy atom. The highest BCUT2D eigenvalue weighted by Gasteiger charge is 2.26. The molecule has 0 spiro atoms. The number of amides is 3. The molecule has 0 aromatic heterocycles. The van der Waals surface area contributed by atoms with Gasteiger partial charge in [0.25, 0.3) is 5.91 Å². The fourth-order valence-electron chi connectivity index (χ4n) is 3.79. The molecule has 4 rings (SSSR count). The van der Waals surface area contributed by atoms with Gasteiger partial charge in [0, 0.05) is 37.4 Å². The number of anilines is 1. The molecule has 1 saturated heterocycles. The van der Waals surface area contributed by atoms with Crippen molar-refractivity contribution in [2.75, 3.05) is 31.5 Å². The summed E-state index contributed by atoms with van der Waals surface area (Å²) < 4.78 is 13.4. The first-order chi connectivity index (χ1) is 16.0. The van der Waals surface area contributed by atoms with Gasteiger partial charge in [-0.15, -0.1) is 0 Å². The van der Waals surface area contributed by atoms with Crippen molar-refractivity contribution < 1.29 is 18.8 Å². The average Bonchev–Trinajstić information content (AvgIpc) is 2.84. The normalized spacial score (nSPS) is 13.5. The molecule has 0 atom stereocenters. The first-order valence-electron chi connectivity index (χ1n) is 10.8. The fourth-order valence-corrected chi connectivity index (χ4v) is 3.79. The second-order valence-electron chi connectivity index (χ2n) is 7.85. The van der Waals surface area contributed by atoms with Crippen LogP contribution in [0.2, 0.25) is 0 Å². The Morgan fingerprint density at radius 2 is 1.39 bits per heavy atom. The number of halogens is 1. The quantitative estimate of drug-likeness (QED) is 0.608. The largest absolute Gasteiger partial charge is 0.339 e. The van der Waals surface area contributed by atoms with E-state index in [1.165, 1.54) is 18.2 Å². The van der Waals surface area contributed by atoms with Crippen LogP contribution in [0, 0.1) is 5.82 Å². The van der Waals surface area contributed by atoms with Gasteiger partial charge in [0.2, 0.25) is 11.8 Å². The Kier molecular flexibility index (Phi) is 6.78. The summed E-state index contributed by atoms with van der Waals surface area (Å²) in [6.07, 6.45) is -0.266. The number of nitrogens with one attached hydrogen (secondary N) is 1. The summed E-state index contributed by atoms with van der Waals surface area (Å²) in [5.74, 6) is -1.40. The van der Waals surface area contributed by atoms with Crippen LogP contribution in [-0.2, 0) is 9.59 Å². The van der Waals surface area contributed by atoms with Gasteiger partial charge in [-0.05, 0) is 41.5 Å². The second kappa shape index (κ2) is 10.1. The number of nitrogens with zero attached hydrogens (tertiary/aromatic N) is 2. The zero-order chi connectivity index (χ0) is 23.2. The van der Waals surface area contributed by atoms with E-state index >= 15 is 0 Å². The maximum Gasteiger partial charge on any atom is 0.254 e. The molecule has 3 aromatic rings. The van der Waals surface area contributed by atoms with Crippen LogP contribution in [-0.4, -0.2) is 53.7 Å². The van der Waals surface area contributed by atoms with E-state index in [4.69, 9.17) is 0 Å². The van der Waals surface area contributed by atoms with E-state index in [1.807, 2.05) is 54.6 Å². The number of piperazine rings is 1. The first kappa shape index (κ1) is 22.2. The van der Waals surface area contributed by atoms with Gasteiger partial charge in [-0.25, -0.2) is 4.39 Å². The molecule has 168 valence electrons. The van der Waals surface area contributed by atoms with Crippen molar-refractivity contribution in [2.24, 2.45) is 0 Å². The predicted molar refractivity (Wildman–Crippen MR) is 124 cm³/mol. The van der Waals surface area contributed by atoms with E-state index in [2.05, 4.69) is 5.32 Å². The molecule has 7 heteroatoms. The molecule has 0 bridgehead atoms. The highest BCUT2D eigenvalue weighted by Crippen LogP contribution is 2.21. The topological polar surface area (TPSA) is 69.7 Å². The van der Waals surface area contributed by atoms with Crippen molar-refractivity contribution in [3.63, 3.8) is 0 Å². The molecule has 0 unspecified atom stereocenters.